The molecule has 0 aliphatic heterocycles. The first-order chi connectivity index (χ1) is 7.78. The summed E-state index contributed by atoms with van der Waals surface area (Å²) in [5.41, 5.74) is 5.96. The lowest BCUT2D eigenvalue weighted by molar-refractivity contribution is 0.493. The molecule has 1 saturated carbocycles. The molecule has 1 aromatic rings. The molecule has 1 fully saturated rings. The van der Waals surface area contributed by atoms with Crippen LogP contribution in [0.15, 0.2) is 0 Å². The second kappa shape index (κ2) is 5.10. The molecule has 2 rings (SSSR count). The molecule has 4 nitrogen and oxygen atoms in total. The van der Waals surface area contributed by atoms with Crippen LogP contribution in [-0.2, 0) is 6.42 Å². The minimum atomic E-state index is 0.0863. The SMILES string of the molecule is CCCc1nsc(NC2(CN)CCCC2)n1. The lowest BCUT2D eigenvalue weighted by atomic mass is 9.98. The average molecular weight is 240 g/mol. The monoisotopic (exact) mass is 240 g/mol. The highest BCUT2D eigenvalue weighted by atomic mass is 32.1. The van der Waals surface area contributed by atoms with Gasteiger partial charge >= 0.3 is 0 Å². The first-order valence-corrected chi connectivity index (χ1v) is 6.86. The summed E-state index contributed by atoms with van der Waals surface area (Å²) >= 11 is 1.46. The van der Waals surface area contributed by atoms with Crippen LogP contribution in [-0.4, -0.2) is 21.4 Å². The molecule has 1 heterocycles. The number of rotatable bonds is 5. The molecule has 1 aromatic heterocycles. The summed E-state index contributed by atoms with van der Waals surface area (Å²) in [7, 11) is 0. The predicted octanol–water partition coefficient (Wildman–Crippen LogP) is 2.17. The maximum Gasteiger partial charge on any atom is 0.203 e. The quantitative estimate of drug-likeness (QED) is 0.828. The summed E-state index contributed by atoms with van der Waals surface area (Å²) in [5.74, 6) is 0.958. The van der Waals surface area contributed by atoms with Crippen molar-refractivity contribution < 1.29 is 0 Å². The Balaban J connectivity index is 2.01. The van der Waals surface area contributed by atoms with Crippen molar-refractivity contribution in [2.75, 3.05) is 11.9 Å². The van der Waals surface area contributed by atoms with Gasteiger partial charge in [-0.25, -0.2) is 4.98 Å². The van der Waals surface area contributed by atoms with Crippen LogP contribution in [0.2, 0.25) is 0 Å². The van der Waals surface area contributed by atoms with Crippen LogP contribution in [0, 0.1) is 0 Å². The fraction of sp³-hybridized carbons (Fsp3) is 0.818. The van der Waals surface area contributed by atoms with Crippen molar-refractivity contribution in [3.8, 4) is 0 Å². The largest absolute Gasteiger partial charge is 0.354 e. The maximum absolute atomic E-state index is 5.88. The van der Waals surface area contributed by atoms with E-state index in [1.165, 1.54) is 24.4 Å². The van der Waals surface area contributed by atoms with Gasteiger partial charge in [-0.1, -0.05) is 19.8 Å². The number of anilines is 1. The van der Waals surface area contributed by atoms with Gasteiger partial charge in [0.25, 0.3) is 0 Å². The zero-order valence-electron chi connectivity index (χ0n) is 9.83. The van der Waals surface area contributed by atoms with Gasteiger partial charge in [0.1, 0.15) is 5.82 Å². The van der Waals surface area contributed by atoms with Gasteiger partial charge in [0.15, 0.2) is 0 Å². The fourth-order valence-electron chi connectivity index (χ4n) is 2.29. The highest BCUT2D eigenvalue weighted by Crippen LogP contribution is 2.32. The zero-order chi connectivity index (χ0) is 11.4. The van der Waals surface area contributed by atoms with Gasteiger partial charge in [0.2, 0.25) is 5.13 Å². The van der Waals surface area contributed by atoms with Crippen molar-refractivity contribution in [2.24, 2.45) is 5.73 Å². The van der Waals surface area contributed by atoms with E-state index in [2.05, 4.69) is 21.6 Å². The van der Waals surface area contributed by atoms with Crippen molar-refractivity contribution in [3.63, 3.8) is 0 Å². The average Bonchev–Trinajstić information content (AvgIpc) is 2.90. The van der Waals surface area contributed by atoms with Crippen molar-refractivity contribution in [2.45, 2.75) is 51.0 Å². The highest BCUT2D eigenvalue weighted by molar-refractivity contribution is 7.09. The molecule has 0 aromatic carbocycles. The summed E-state index contributed by atoms with van der Waals surface area (Å²) < 4.78 is 4.34. The molecule has 0 bridgehead atoms. The Morgan fingerprint density at radius 1 is 1.44 bits per heavy atom. The van der Waals surface area contributed by atoms with Crippen molar-refractivity contribution >= 4 is 16.7 Å². The summed E-state index contributed by atoms with van der Waals surface area (Å²) in [6.07, 6.45) is 6.92. The molecule has 90 valence electrons. The Morgan fingerprint density at radius 2 is 2.19 bits per heavy atom. The Morgan fingerprint density at radius 3 is 2.81 bits per heavy atom. The van der Waals surface area contributed by atoms with Gasteiger partial charge in [-0.05, 0) is 19.3 Å². The Kier molecular flexibility index (Phi) is 3.76. The van der Waals surface area contributed by atoms with Gasteiger partial charge < -0.3 is 11.1 Å². The minimum absolute atomic E-state index is 0.0863. The summed E-state index contributed by atoms with van der Waals surface area (Å²) in [6.45, 7) is 2.84. The topological polar surface area (TPSA) is 63.8 Å². The van der Waals surface area contributed by atoms with E-state index >= 15 is 0 Å². The second-order valence-electron chi connectivity index (χ2n) is 4.58. The number of nitrogens with one attached hydrogen (secondary N) is 1. The van der Waals surface area contributed by atoms with E-state index in [-0.39, 0.29) is 5.54 Å². The van der Waals surface area contributed by atoms with Crippen LogP contribution >= 0.6 is 11.5 Å². The molecule has 1 aliphatic carbocycles. The molecular weight excluding hydrogens is 220 g/mol. The number of nitrogens with zero attached hydrogens (tertiary/aromatic N) is 2. The summed E-state index contributed by atoms with van der Waals surface area (Å²) in [5, 5.41) is 4.44. The van der Waals surface area contributed by atoms with Crippen LogP contribution in [0.1, 0.15) is 44.9 Å². The van der Waals surface area contributed by atoms with Crippen LogP contribution in [0.4, 0.5) is 5.13 Å². The fourth-order valence-corrected chi connectivity index (χ4v) is 3.02. The summed E-state index contributed by atoms with van der Waals surface area (Å²) in [6, 6.07) is 0. The van der Waals surface area contributed by atoms with Gasteiger partial charge in [-0.15, -0.1) is 0 Å². The molecule has 0 amide bonds. The smallest absolute Gasteiger partial charge is 0.203 e. The molecule has 16 heavy (non-hydrogen) atoms. The predicted molar refractivity (Wildman–Crippen MR) is 67.8 cm³/mol. The third-order valence-electron chi connectivity index (χ3n) is 3.27. The molecule has 3 N–H and O–H groups in total. The van der Waals surface area contributed by atoms with Crippen LogP contribution in [0.25, 0.3) is 0 Å². The zero-order valence-corrected chi connectivity index (χ0v) is 10.6. The first kappa shape index (κ1) is 11.8. The van der Waals surface area contributed by atoms with E-state index in [4.69, 9.17) is 5.73 Å². The Hall–Kier alpha value is -0.680. The lowest BCUT2D eigenvalue weighted by Crippen LogP contribution is -2.42. The molecule has 0 radical (unpaired) electrons. The standard InChI is InChI=1S/C11H20N4S/c1-2-5-9-13-10(16-15-9)14-11(8-12)6-3-4-7-11/h2-8,12H2,1H3,(H,13,14,15). The van der Waals surface area contributed by atoms with Crippen molar-refractivity contribution in [1.82, 2.24) is 9.36 Å². The summed E-state index contributed by atoms with van der Waals surface area (Å²) in [4.78, 5) is 4.50. The number of aryl methyl sites for hydroxylation is 1. The van der Waals surface area contributed by atoms with E-state index in [1.807, 2.05) is 0 Å². The van der Waals surface area contributed by atoms with E-state index in [0.29, 0.717) is 6.54 Å². The van der Waals surface area contributed by atoms with Crippen LogP contribution in [0.3, 0.4) is 0 Å². The molecule has 0 atom stereocenters. The lowest BCUT2D eigenvalue weighted by Gasteiger charge is -2.27. The van der Waals surface area contributed by atoms with E-state index in [1.54, 1.807) is 0 Å². The number of nitrogens with two attached hydrogens (primary N) is 1. The number of aromatic nitrogens is 2. The molecule has 5 heteroatoms. The van der Waals surface area contributed by atoms with Gasteiger partial charge in [0.05, 0.1) is 5.54 Å². The normalized spacial score (nSPS) is 18.9. The number of hydrogen-bond acceptors (Lipinski definition) is 5. The number of hydrogen-bond donors (Lipinski definition) is 2. The van der Waals surface area contributed by atoms with Gasteiger partial charge in [-0.2, -0.15) is 4.37 Å². The van der Waals surface area contributed by atoms with Crippen molar-refractivity contribution in [3.05, 3.63) is 5.82 Å². The molecule has 0 spiro atoms. The van der Waals surface area contributed by atoms with Crippen LogP contribution < -0.4 is 11.1 Å². The van der Waals surface area contributed by atoms with E-state index < -0.39 is 0 Å². The van der Waals surface area contributed by atoms with Gasteiger partial charge in [0, 0.05) is 24.5 Å². The maximum atomic E-state index is 5.88. The van der Waals surface area contributed by atoms with Crippen LogP contribution in [0.5, 0.6) is 0 Å². The second-order valence-corrected chi connectivity index (χ2v) is 5.33. The van der Waals surface area contributed by atoms with E-state index in [0.717, 1.165) is 36.6 Å². The molecular formula is C11H20N4S. The van der Waals surface area contributed by atoms with Gasteiger partial charge in [-0.3, -0.25) is 0 Å². The minimum Gasteiger partial charge on any atom is -0.354 e. The molecule has 1 aliphatic rings. The third-order valence-corrected chi connectivity index (χ3v) is 3.93. The molecule has 0 unspecified atom stereocenters. The highest BCUT2D eigenvalue weighted by Gasteiger charge is 2.33. The third kappa shape index (κ3) is 2.52. The Bertz CT molecular complexity index is 330. The molecule has 0 saturated heterocycles. The van der Waals surface area contributed by atoms with E-state index in [9.17, 15) is 0 Å². The van der Waals surface area contributed by atoms with Crippen molar-refractivity contribution in [1.29, 1.82) is 0 Å². The first-order valence-electron chi connectivity index (χ1n) is 6.09. The Labute approximate surface area is 101 Å².